The van der Waals surface area contributed by atoms with Crippen molar-refractivity contribution in [3.8, 4) is 11.6 Å². The lowest BCUT2D eigenvalue weighted by Crippen LogP contribution is -2.05. The summed E-state index contributed by atoms with van der Waals surface area (Å²) in [5.41, 5.74) is 2.00. The maximum atomic E-state index is 5.62. The number of ether oxygens (including phenoxy) is 2. The molecule has 20 heavy (non-hydrogen) atoms. The number of hydrogen-bond acceptors (Lipinski definition) is 4. The molecule has 106 valence electrons. The smallest absolute Gasteiger partial charge is 0.237 e. The molecule has 0 unspecified atom stereocenters. The predicted octanol–water partition coefficient (Wildman–Crippen LogP) is 3.49. The molecule has 1 aromatic carbocycles. The van der Waals surface area contributed by atoms with Crippen molar-refractivity contribution in [1.82, 2.24) is 4.98 Å². The van der Waals surface area contributed by atoms with Crippen molar-refractivity contribution in [2.24, 2.45) is 0 Å². The Morgan fingerprint density at radius 2 is 1.80 bits per heavy atom. The predicted molar refractivity (Wildman–Crippen MR) is 80.3 cm³/mol. The summed E-state index contributed by atoms with van der Waals surface area (Å²) in [6.07, 6.45) is 1.73. The fraction of sp³-hybridized carbons (Fsp3) is 0.312. The topological polar surface area (TPSA) is 43.4 Å². The van der Waals surface area contributed by atoms with Gasteiger partial charge in [0.25, 0.3) is 0 Å². The Kier molecular flexibility index (Phi) is 5.24. The van der Waals surface area contributed by atoms with E-state index in [2.05, 4.69) is 16.4 Å². The Labute approximate surface area is 119 Å². The molecule has 2 rings (SSSR count). The molecule has 1 N–H and O–H groups in total. The van der Waals surface area contributed by atoms with Crippen molar-refractivity contribution in [2.45, 2.75) is 20.4 Å². The number of hydrogen-bond donors (Lipinski definition) is 1. The van der Waals surface area contributed by atoms with E-state index >= 15 is 0 Å². The molecule has 4 heteroatoms. The van der Waals surface area contributed by atoms with Gasteiger partial charge in [0.15, 0.2) is 0 Å². The van der Waals surface area contributed by atoms with E-state index in [-0.39, 0.29) is 0 Å². The van der Waals surface area contributed by atoms with Gasteiger partial charge in [0.1, 0.15) is 5.75 Å². The lowest BCUT2D eigenvalue weighted by atomic mass is 10.2. The number of rotatable bonds is 7. The van der Waals surface area contributed by atoms with Crippen molar-refractivity contribution in [1.29, 1.82) is 0 Å². The lowest BCUT2D eigenvalue weighted by molar-refractivity contribution is 0.328. The van der Waals surface area contributed by atoms with E-state index in [9.17, 15) is 0 Å². The summed E-state index contributed by atoms with van der Waals surface area (Å²) in [5, 5.41) is 3.35. The number of nitrogens with one attached hydrogen (secondary N) is 1. The maximum absolute atomic E-state index is 5.62. The summed E-state index contributed by atoms with van der Waals surface area (Å²) in [6, 6.07) is 11.9. The van der Waals surface area contributed by atoms with Crippen molar-refractivity contribution < 1.29 is 9.47 Å². The van der Waals surface area contributed by atoms with Crippen LogP contribution >= 0.6 is 0 Å². The van der Waals surface area contributed by atoms with Crippen molar-refractivity contribution >= 4 is 5.69 Å². The van der Waals surface area contributed by atoms with Gasteiger partial charge in [-0.1, -0.05) is 18.2 Å². The quantitative estimate of drug-likeness (QED) is 0.838. The zero-order valence-electron chi connectivity index (χ0n) is 11.9. The van der Waals surface area contributed by atoms with Crippen LogP contribution in [0.4, 0.5) is 5.69 Å². The van der Waals surface area contributed by atoms with E-state index in [1.54, 1.807) is 6.20 Å². The van der Waals surface area contributed by atoms with Gasteiger partial charge in [0.2, 0.25) is 5.88 Å². The van der Waals surface area contributed by atoms with Gasteiger partial charge in [0.05, 0.1) is 18.9 Å². The molecular formula is C16H20N2O2. The number of anilines is 1. The largest absolute Gasteiger partial charge is 0.494 e. The normalized spacial score (nSPS) is 10.1. The Bertz CT molecular complexity index is 494. The van der Waals surface area contributed by atoms with Crippen LogP contribution in [0.5, 0.6) is 11.6 Å². The molecule has 0 radical (unpaired) electrons. The van der Waals surface area contributed by atoms with Gasteiger partial charge in [-0.25, -0.2) is 4.98 Å². The maximum Gasteiger partial charge on any atom is 0.237 e. The van der Waals surface area contributed by atoms with Gasteiger partial charge in [-0.3, -0.25) is 0 Å². The Morgan fingerprint density at radius 1 is 1.00 bits per heavy atom. The summed E-state index contributed by atoms with van der Waals surface area (Å²) < 4.78 is 11.1. The standard InChI is InChI=1S/C16H20N2O2/c1-3-19-15-10-6-5-8-13(15)12-18-14-9-7-11-17-16(14)20-4-2/h5-11,18H,3-4,12H2,1-2H3. The van der Waals surface area contributed by atoms with Gasteiger partial charge in [-0.15, -0.1) is 0 Å². The molecule has 0 spiro atoms. The molecule has 0 aliphatic heterocycles. The first kappa shape index (κ1) is 14.2. The second-order valence-corrected chi connectivity index (χ2v) is 4.18. The van der Waals surface area contributed by atoms with Crippen LogP contribution in [0.15, 0.2) is 42.6 Å². The number of para-hydroxylation sites is 1. The van der Waals surface area contributed by atoms with E-state index < -0.39 is 0 Å². The van der Waals surface area contributed by atoms with Crippen molar-refractivity contribution in [3.05, 3.63) is 48.2 Å². The van der Waals surface area contributed by atoms with Crippen molar-refractivity contribution in [2.75, 3.05) is 18.5 Å². The van der Waals surface area contributed by atoms with Crippen molar-refractivity contribution in [3.63, 3.8) is 0 Å². The Hall–Kier alpha value is -2.23. The van der Waals surface area contributed by atoms with Gasteiger partial charge in [-0.05, 0) is 32.0 Å². The van der Waals surface area contributed by atoms with E-state index in [0.717, 1.165) is 17.0 Å². The molecule has 0 aliphatic rings. The third-order valence-electron chi connectivity index (χ3n) is 2.79. The molecule has 0 atom stereocenters. The summed E-state index contributed by atoms with van der Waals surface area (Å²) >= 11 is 0. The van der Waals surface area contributed by atoms with Gasteiger partial charge in [0, 0.05) is 18.3 Å². The molecule has 0 aliphatic carbocycles. The number of nitrogens with zero attached hydrogens (tertiary/aromatic N) is 1. The molecule has 0 saturated carbocycles. The van der Waals surface area contributed by atoms with Gasteiger partial charge >= 0.3 is 0 Å². The van der Waals surface area contributed by atoms with Gasteiger partial charge in [-0.2, -0.15) is 0 Å². The van der Waals surface area contributed by atoms with E-state index in [1.807, 2.05) is 44.2 Å². The Morgan fingerprint density at radius 3 is 2.60 bits per heavy atom. The highest BCUT2D eigenvalue weighted by atomic mass is 16.5. The average molecular weight is 272 g/mol. The zero-order chi connectivity index (χ0) is 14.2. The molecule has 0 saturated heterocycles. The van der Waals surface area contributed by atoms with Crippen LogP contribution in [0, 0.1) is 0 Å². The second kappa shape index (κ2) is 7.38. The van der Waals surface area contributed by atoms with Crippen LogP contribution in [0.3, 0.4) is 0 Å². The van der Waals surface area contributed by atoms with E-state index in [0.29, 0.717) is 25.6 Å². The number of aromatic nitrogens is 1. The minimum atomic E-state index is 0.598. The first-order valence-corrected chi connectivity index (χ1v) is 6.87. The summed E-state index contributed by atoms with van der Waals surface area (Å²) in [7, 11) is 0. The number of pyridine rings is 1. The van der Waals surface area contributed by atoms with Crippen LogP contribution in [0.2, 0.25) is 0 Å². The molecule has 1 heterocycles. The van der Waals surface area contributed by atoms with Crippen LogP contribution in [0.1, 0.15) is 19.4 Å². The lowest BCUT2D eigenvalue weighted by Gasteiger charge is -2.13. The first-order valence-electron chi connectivity index (χ1n) is 6.87. The van der Waals surface area contributed by atoms with E-state index in [1.165, 1.54) is 0 Å². The third-order valence-corrected chi connectivity index (χ3v) is 2.79. The van der Waals surface area contributed by atoms with Crippen LogP contribution in [-0.2, 0) is 6.54 Å². The first-order chi connectivity index (χ1) is 9.85. The SMILES string of the molecule is CCOc1ccccc1CNc1cccnc1OCC. The molecule has 0 fully saturated rings. The molecule has 2 aromatic rings. The molecule has 0 bridgehead atoms. The highest BCUT2D eigenvalue weighted by Crippen LogP contribution is 2.24. The van der Waals surface area contributed by atoms with Crippen LogP contribution < -0.4 is 14.8 Å². The van der Waals surface area contributed by atoms with E-state index in [4.69, 9.17) is 9.47 Å². The minimum absolute atomic E-state index is 0.598. The highest BCUT2D eigenvalue weighted by Gasteiger charge is 2.06. The average Bonchev–Trinajstić information content (AvgIpc) is 2.48. The molecule has 4 nitrogen and oxygen atoms in total. The Balaban J connectivity index is 2.09. The van der Waals surface area contributed by atoms with Crippen LogP contribution in [0.25, 0.3) is 0 Å². The minimum Gasteiger partial charge on any atom is -0.494 e. The third kappa shape index (κ3) is 3.63. The molecule has 0 amide bonds. The zero-order valence-corrected chi connectivity index (χ0v) is 11.9. The summed E-state index contributed by atoms with van der Waals surface area (Å²) in [5.74, 6) is 1.54. The molecule has 1 aromatic heterocycles. The fourth-order valence-corrected chi connectivity index (χ4v) is 1.91. The molecular weight excluding hydrogens is 252 g/mol. The fourth-order valence-electron chi connectivity index (χ4n) is 1.91. The highest BCUT2D eigenvalue weighted by molar-refractivity contribution is 5.53. The second-order valence-electron chi connectivity index (χ2n) is 4.18. The monoisotopic (exact) mass is 272 g/mol. The van der Waals surface area contributed by atoms with Gasteiger partial charge < -0.3 is 14.8 Å². The summed E-state index contributed by atoms with van der Waals surface area (Å²) in [6.45, 7) is 5.86. The van der Waals surface area contributed by atoms with Crippen LogP contribution in [-0.4, -0.2) is 18.2 Å². The number of benzene rings is 1. The summed E-state index contributed by atoms with van der Waals surface area (Å²) in [4.78, 5) is 4.22.